The minimum atomic E-state index is -0.836. The van der Waals surface area contributed by atoms with Crippen molar-refractivity contribution in [3.8, 4) is 24.3 Å². The SMILES string of the molecule is C.C.CC.CC(C#N)CCC(=O)O.CC(C)C#N.CC(C)CC(C)C#N.CCC(C)C#N. The zero-order valence-corrected chi connectivity index (χ0v) is 20.9. The third kappa shape index (κ3) is 71.0. The van der Waals surface area contributed by atoms with Crippen LogP contribution in [0.4, 0.5) is 0 Å². The molecule has 0 heterocycles. The van der Waals surface area contributed by atoms with Crippen molar-refractivity contribution < 1.29 is 9.90 Å². The minimum absolute atomic E-state index is 0. The predicted molar refractivity (Wildman–Crippen MR) is 136 cm³/mol. The third-order valence-corrected chi connectivity index (χ3v) is 3.15. The van der Waals surface area contributed by atoms with Crippen LogP contribution in [0.15, 0.2) is 0 Å². The Kier molecular flexibility index (Phi) is 57.6. The average Bonchev–Trinajstić information content (AvgIpc) is 2.73. The molecular weight excluding hydrogens is 400 g/mol. The van der Waals surface area contributed by atoms with Crippen LogP contribution >= 0.6 is 0 Å². The molecule has 0 aliphatic carbocycles. The van der Waals surface area contributed by atoms with E-state index in [0.717, 1.165) is 12.8 Å². The van der Waals surface area contributed by atoms with Crippen LogP contribution in [-0.2, 0) is 4.79 Å². The molecule has 1 N–H and O–H groups in total. The first-order valence-electron chi connectivity index (χ1n) is 10.7. The number of hydrogen-bond acceptors (Lipinski definition) is 5. The Bertz CT molecular complexity index is 532. The second-order valence-electron chi connectivity index (χ2n) is 7.34. The van der Waals surface area contributed by atoms with Crippen LogP contribution in [0.25, 0.3) is 0 Å². The van der Waals surface area contributed by atoms with Crippen LogP contribution in [0.5, 0.6) is 0 Å². The largest absolute Gasteiger partial charge is 0.481 e. The third-order valence-electron chi connectivity index (χ3n) is 3.15. The van der Waals surface area contributed by atoms with Gasteiger partial charge in [-0.3, -0.25) is 4.79 Å². The van der Waals surface area contributed by atoms with Gasteiger partial charge in [-0.1, -0.05) is 49.5 Å². The standard InChI is InChI=1S/C7H13N.C6H9NO2.C5H9N.C4H7N.C2H6.2CH4/c1-6(2)4-7(3)5-8;1-5(4-7)2-3-6(8)9;1-3-5(2)4-6;1-4(2)3-5;1-2;;/h6-7H,4H2,1-3H3;5H,2-3H2,1H3,(H,8,9);5H,3H2,1-2H3;4H,1-2H3;1-2H3;2*1H4. The van der Waals surface area contributed by atoms with Gasteiger partial charge in [-0.25, -0.2) is 0 Å². The Hall–Kier alpha value is -2.57. The fraction of sp³-hybridized carbons (Fsp3) is 0.808. The zero-order chi connectivity index (χ0) is 25.1. The first-order valence-corrected chi connectivity index (χ1v) is 10.7. The summed E-state index contributed by atoms with van der Waals surface area (Å²) in [4.78, 5) is 9.91. The summed E-state index contributed by atoms with van der Waals surface area (Å²) in [5, 5.41) is 40.7. The van der Waals surface area contributed by atoms with E-state index in [1.807, 2.05) is 60.6 Å². The highest BCUT2D eigenvalue weighted by atomic mass is 16.4. The summed E-state index contributed by atoms with van der Waals surface area (Å²) in [6.45, 7) is 19.6. The van der Waals surface area contributed by atoms with Crippen LogP contribution in [-0.4, -0.2) is 11.1 Å². The fourth-order valence-electron chi connectivity index (χ4n) is 1.26. The van der Waals surface area contributed by atoms with Crippen molar-refractivity contribution in [2.75, 3.05) is 0 Å². The zero-order valence-electron chi connectivity index (χ0n) is 20.9. The van der Waals surface area contributed by atoms with Gasteiger partial charge >= 0.3 is 5.97 Å². The number of aliphatic carboxylic acids is 1. The van der Waals surface area contributed by atoms with Crippen molar-refractivity contribution in [1.82, 2.24) is 0 Å². The molecular formula is C26H52N4O2. The molecule has 6 nitrogen and oxygen atoms in total. The molecule has 0 radical (unpaired) electrons. The lowest BCUT2D eigenvalue weighted by molar-refractivity contribution is -0.137. The molecule has 0 rings (SSSR count). The quantitative estimate of drug-likeness (QED) is 0.431. The molecule has 0 spiro atoms. The fourth-order valence-corrected chi connectivity index (χ4v) is 1.26. The molecule has 0 saturated heterocycles. The molecule has 0 aromatic rings. The molecule has 0 aromatic carbocycles. The Labute approximate surface area is 200 Å². The summed E-state index contributed by atoms with van der Waals surface area (Å²) < 4.78 is 0. The highest BCUT2D eigenvalue weighted by Crippen LogP contribution is 2.08. The highest BCUT2D eigenvalue weighted by molar-refractivity contribution is 5.66. The van der Waals surface area contributed by atoms with Gasteiger partial charge in [-0.2, -0.15) is 21.0 Å². The van der Waals surface area contributed by atoms with Gasteiger partial charge < -0.3 is 5.11 Å². The van der Waals surface area contributed by atoms with Crippen LogP contribution in [0, 0.1) is 74.9 Å². The molecule has 0 amide bonds. The molecule has 0 aliphatic rings. The molecule has 6 heteroatoms. The van der Waals surface area contributed by atoms with Gasteiger partial charge in [0, 0.05) is 30.1 Å². The normalized spacial score (nSPS) is 10.5. The van der Waals surface area contributed by atoms with Crippen LogP contribution in [0.1, 0.15) is 110 Å². The van der Waals surface area contributed by atoms with Crippen molar-refractivity contribution in [2.24, 2.45) is 29.6 Å². The monoisotopic (exact) mass is 452 g/mol. The molecule has 3 atom stereocenters. The van der Waals surface area contributed by atoms with Crippen molar-refractivity contribution in [1.29, 1.82) is 21.0 Å². The van der Waals surface area contributed by atoms with Crippen LogP contribution in [0.3, 0.4) is 0 Å². The van der Waals surface area contributed by atoms with Gasteiger partial charge in [-0.15, -0.1) is 0 Å². The van der Waals surface area contributed by atoms with Gasteiger partial charge in [0.1, 0.15) is 0 Å². The molecule has 0 fully saturated rings. The van der Waals surface area contributed by atoms with Gasteiger partial charge in [-0.05, 0) is 59.8 Å². The molecule has 3 unspecified atom stereocenters. The summed E-state index contributed by atoms with van der Waals surface area (Å²) in [5.74, 6) is 0.345. The lowest BCUT2D eigenvalue weighted by Gasteiger charge is -2.03. The van der Waals surface area contributed by atoms with E-state index in [1.54, 1.807) is 6.92 Å². The number of carbonyl (C=O) groups is 1. The molecule has 0 aromatic heterocycles. The van der Waals surface area contributed by atoms with E-state index in [-0.39, 0.29) is 44.9 Å². The van der Waals surface area contributed by atoms with Gasteiger partial charge in [0.15, 0.2) is 0 Å². The second-order valence-corrected chi connectivity index (χ2v) is 7.34. The maximum absolute atomic E-state index is 9.91. The predicted octanol–water partition coefficient (Wildman–Crippen LogP) is 8.22. The molecule has 188 valence electrons. The second kappa shape index (κ2) is 39.0. The summed E-state index contributed by atoms with van der Waals surface area (Å²) in [5.41, 5.74) is 0. The number of nitriles is 4. The summed E-state index contributed by atoms with van der Waals surface area (Å²) in [6, 6.07) is 8.30. The van der Waals surface area contributed by atoms with E-state index >= 15 is 0 Å². The maximum atomic E-state index is 9.91. The average molecular weight is 453 g/mol. The molecule has 0 aliphatic heterocycles. The highest BCUT2D eigenvalue weighted by Gasteiger charge is 2.02. The Balaban J connectivity index is -0.0000000507. The number of hydrogen-bond donors (Lipinski definition) is 1. The summed E-state index contributed by atoms with van der Waals surface area (Å²) in [7, 11) is 0. The number of carboxylic acids is 1. The van der Waals surface area contributed by atoms with Gasteiger partial charge in [0.05, 0.1) is 24.3 Å². The van der Waals surface area contributed by atoms with Crippen LogP contribution < -0.4 is 0 Å². The van der Waals surface area contributed by atoms with Crippen molar-refractivity contribution in [3.63, 3.8) is 0 Å². The lowest BCUT2D eigenvalue weighted by Crippen LogP contribution is -1.98. The van der Waals surface area contributed by atoms with Crippen molar-refractivity contribution >= 4 is 5.97 Å². The molecule has 0 bridgehead atoms. The first kappa shape index (κ1) is 47.3. The molecule has 0 saturated carbocycles. The summed E-state index contributed by atoms with van der Waals surface area (Å²) >= 11 is 0. The minimum Gasteiger partial charge on any atom is -0.481 e. The lowest BCUT2D eigenvalue weighted by atomic mass is 10.0. The van der Waals surface area contributed by atoms with E-state index in [1.165, 1.54) is 0 Å². The van der Waals surface area contributed by atoms with E-state index in [9.17, 15) is 4.79 Å². The van der Waals surface area contributed by atoms with Crippen molar-refractivity contribution in [2.45, 2.75) is 110 Å². The molecule has 32 heavy (non-hydrogen) atoms. The smallest absolute Gasteiger partial charge is 0.303 e. The van der Waals surface area contributed by atoms with E-state index < -0.39 is 5.97 Å². The number of rotatable bonds is 6. The van der Waals surface area contributed by atoms with E-state index in [0.29, 0.717) is 12.3 Å². The number of carboxylic acid groups (broad SMARTS) is 1. The van der Waals surface area contributed by atoms with Crippen LogP contribution in [0.2, 0.25) is 0 Å². The topological polar surface area (TPSA) is 132 Å². The Morgan fingerprint density at radius 1 is 0.750 bits per heavy atom. The van der Waals surface area contributed by atoms with Gasteiger partial charge in [0.25, 0.3) is 0 Å². The Morgan fingerprint density at radius 3 is 1.22 bits per heavy atom. The number of nitrogens with zero attached hydrogens (tertiary/aromatic N) is 4. The van der Waals surface area contributed by atoms with Gasteiger partial charge in [0.2, 0.25) is 0 Å². The summed E-state index contributed by atoms with van der Waals surface area (Å²) in [6.07, 6.45) is 2.54. The van der Waals surface area contributed by atoms with E-state index in [4.69, 9.17) is 26.2 Å². The Morgan fingerprint density at radius 2 is 1.09 bits per heavy atom. The van der Waals surface area contributed by atoms with Crippen molar-refractivity contribution in [3.05, 3.63) is 0 Å². The van der Waals surface area contributed by atoms with E-state index in [2.05, 4.69) is 26.0 Å². The first-order chi connectivity index (χ1) is 13.9. The maximum Gasteiger partial charge on any atom is 0.303 e.